The second-order valence-corrected chi connectivity index (χ2v) is 9.11. The van der Waals surface area contributed by atoms with Gasteiger partial charge in [0.25, 0.3) is 11.5 Å². The fourth-order valence-corrected chi connectivity index (χ4v) is 5.00. The Hall–Kier alpha value is -2.23. The van der Waals surface area contributed by atoms with Crippen molar-refractivity contribution in [3.8, 4) is 0 Å². The lowest BCUT2D eigenvalue weighted by atomic mass is 10.2. The van der Waals surface area contributed by atoms with Crippen LogP contribution >= 0.6 is 24.0 Å². The number of pyridine rings is 1. The highest BCUT2D eigenvalue weighted by Gasteiger charge is 2.35. The summed E-state index contributed by atoms with van der Waals surface area (Å²) in [5.74, 6) is 0.289. The van der Waals surface area contributed by atoms with Crippen molar-refractivity contribution in [1.82, 2.24) is 14.3 Å². The van der Waals surface area contributed by atoms with E-state index in [-0.39, 0.29) is 23.6 Å². The van der Waals surface area contributed by atoms with Crippen LogP contribution in [-0.2, 0) is 9.53 Å². The summed E-state index contributed by atoms with van der Waals surface area (Å²) in [5, 5.41) is 3.27. The minimum atomic E-state index is -0.232. The lowest BCUT2D eigenvalue weighted by Crippen LogP contribution is -2.36. The first-order valence-electron chi connectivity index (χ1n) is 10.1. The molecule has 2 atom stereocenters. The van der Waals surface area contributed by atoms with Crippen molar-refractivity contribution in [2.24, 2.45) is 0 Å². The number of anilines is 1. The molecular formula is C21H24N4O3S2. The van der Waals surface area contributed by atoms with Crippen LogP contribution in [0.5, 0.6) is 0 Å². The zero-order chi connectivity index (χ0) is 21.3. The van der Waals surface area contributed by atoms with Crippen LogP contribution < -0.4 is 10.9 Å². The number of nitrogens with zero attached hydrogens (tertiary/aromatic N) is 3. The number of hydrogen-bond acceptors (Lipinski definition) is 7. The van der Waals surface area contributed by atoms with E-state index in [1.165, 1.54) is 16.2 Å². The molecule has 2 aromatic heterocycles. The standard InChI is InChI=1S/C21H24N4O3S2/c1-3-13(2)25-20(27)16(30-21(25)29)11-15-18(22-12-14-7-6-10-28-14)23-17-8-4-5-9-24(17)19(15)26/h4-5,8-9,11,13-14,22H,3,6-7,10,12H2,1-2H3/b16-11-/t13-,14-/m1/s1. The second-order valence-electron chi connectivity index (χ2n) is 7.43. The molecule has 7 nitrogen and oxygen atoms in total. The van der Waals surface area contributed by atoms with Gasteiger partial charge in [-0.1, -0.05) is 37.0 Å². The number of hydrogen-bond donors (Lipinski definition) is 1. The van der Waals surface area contributed by atoms with E-state index >= 15 is 0 Å². The molecule has 2 aliphatic rings. The summed E-state index contributed by atoms with van der Waals surface area (Å²) in [4.78, 5) is 32.9. The van der Waals surface area contributed by atoms with Crippen molar-refractivity contribution >= 4 is 51.7 Å². The maximum atomic E-state index is 13.2. The van der Waals surface area contributed by atoms with Gasteiger partial charge in [0, 0.05) is 25.4 Å². The molecule has 1 amide bonds. The number of amides is 1. The molecule has 2 fully saturated rings. The van der Waals surface area contributed by atoms with Crippen LogP contribution in [0.2, 0.25) is 0 Å². The minimum Gasteiger partial charge on any atom is -0.376 e. The highest BCUT2D eigenvalue weighted by atomic mass is 32.2. The first kappa shape index (κ1) is 21.0. The van der Waals surface area contributed by atoms with Gasteiger partial charge in [-0.05, 0) is 44.4 Å². The third-order valence-corrected chi connectivity index (χ3v) is 6.75. The Morgan fingerprint density at radius 1 is 1.43 bits per heavy atom. The molecule has 0 aliphatic carbocycles. The molecule has 0 radical (unpaired) electrons. The third-order valence-electron chi connectivity index (χ3n) is 5.42. The van der Waals surface area contributed by atoms with Crippen LogP contribution in [0.1, 0.15) is 38.7 Å². The summed E-state index contributed by atoms with van der Waals surface area (Å²) in [7, 11) is 0. The van der Waals surface area contributed by atoms with Gasteiger partial charge >= 0.3 is 0 Å². The number of aromatic nitrogens is 2. The van der Waals surface area contributed by atoms with Crippen LogP contribution in [-0.4, -0.2) is 49.8 Å². The first-order chi connectivity index (χ1) is 14.5. The maximum absolute atomic E-state index is 13.2. The van der Waals surface area contributed by atoms with E-state index in [0.717, 1.165) is 25.9 Å². The largest absolute Gasteiger partial charge is 0.376 e. The van der Waals surface area contributed by atoms with Crippen molar-refractivity contribution < 1.29 is 9.53 Å². The Morgan fingerprint density at radius 3 is 3.00 bits per heavy atom. The normalized spacial score (nSPS) is 21.7. The van der Waals surface area contributed by atoms with Crippen LogP contribution in [0.4, 0.5) is 5.82 Å². The van der Waals surface area contributed by atoms with Crippen molar-refractivity contribution in [2.45, 2.75) is 45.3 Å². The van der Waals surface area contributed by atoms with E-state index in [4.69, 9.17) is 17.0 Å². The van der Waals surface area contributed by atoms with Gasteiger partial charge < -0.3 is 10.1 Å². The van der Waals surface area contributed by atoms with E-state index < -0.39 is 0 Å². The van der Waals surface area contributed by atoms with Gasteiger partial charge in [-0.2, -0.15) is 0 Å². The Balaban J connectivity index is 1.74. The summed E-state index contributed by atoms with van der Waals surface area (Å²) in [6.07, 6.45) is 6.20. The van der Waals surface area contributed by atoms with E-state index in [2.05, 4.69) is 10.3 Å². The summed E-state index contributed by atoms with van der Waals surface area (Å²) < 4.78 is 7.68. The molecule has 0 bridgehead atoms. The molecule has 2 aromatic rings. The topological polar surface area (TPSA) is 75.9 Å². The summed E-state index contributed by atoms with van der Waals surface area (Å²) >= 11 is 6.64. The SMILES string of the molecule is CC[C@@H](C)N1C(=O)/C(=C/c2c(NC[C@H]3CCCO3)nc3ccccn3c2=O)SC1=S. The summed E-state index contributed by atoms with van der Waals surface area (Å²) in [6, 6.07) is 5.41. The van der Waals surface area contributed by atoms with Crippen molar-refractivity contribution in [3.63, 3.8) is 0 Å². The third kappa shape index (κ3) is 4.01. The molecule has 0 unspecified atom stereocenters. The molecule has 1 N–H and O–H groups in total. The van der Waals surface area contributed by atoms with Crippen LogP contribution in [0.25, 0.3) is 11.7 Å². The van der Waals surface area contributed by atoms with Gasteiger partial charge in [0.1, 0.15) is 15.8 Å². The minimum absolute atomic E-state index is 0.0105. The Morgan fingerprint density at radius 2 is 2.27 bits per heavy atom. The highest BCUT2D eigenvalue weighted by molar-refractivity contribution is 8.26. The molecule has 0 aromatic carbocycles. The van der Waals surface area contributed by atoms with Crippen molar-refractivity contribution in [3.05, 3.63) is 45.2 Å². The molecule has 0 spiro atoms. The van der Waals surface area contributed by atoms with Gasteiger partial charge in [-0.15, -0.1) is 0 Å². The molecule has 158 valence electrons. The van der Waals surface area contributed by atoms with Gasteiger partial charge in [0.05, 0.1) is 16.6 Å². The fraction of sp³-hybridized carbons (Fsp3) is 0.429. The Kier molecular flexibility index (Phi) is 6.21. The predicted octanol–water partition coefficient (Wildman–Crippen LogP) is 3.29. The molecule has 4 heterocycles. The van der Waals surface area contributed by atoms with E-state index in [1.807, 2.05) is 19.9 Å². The van der Waals surface area contributed by atoms with Crippen LogP contribution in [0, 0.1) is 0 Å². The van der Waals surface area contributed by atoms with E-state index in [0.29, 0.717) is 32.8 Å². The molecule has 0 saturated carbocycles. The van der Waals surface area contributed by atoms with Crippen molar-refractivity contribution in [1.29, 1.82) is 0 Å². The number of rotatable bonds is 6. The lowest BCUT2D eigenvalue weighted by Gasteiger charge is -2.21. The number of fused-ring (bicyclic) bond motifs is 1. The fourth-order valence-electron chi connectivity index (χ4n) is 3.56. The van der Waals surface area contributed by atoms with Gasteiger partial charge in [0.15, 0.2) is 0 Å². The number of carbonyl (C=O) groups is 1. The molecule has 2 saturated heterocycles. The summed E-state index contributed by atoms with van der Waals surface area (Å²) in [6.45, 7) is 5.30. The van der Waals surface area contributed by atoms with Crippen molar-refractivity contribution in [2.75, 3.05) is 18.5 Å². The second kappa shape index (κ2) is 8.87. The molecule has 2 aliphatic heterocycles. The number of thioether (sulfide) groups is 1. The molecule has 9 heteroatoms. The Labute approximate surface area is 184 Å². The first-order valence-corrected chi connectivity index (χ1v) is 11.4. The number of ether oxygens (including phenoxy) is 1. The average molecular weight is 445 g/mol. The number of carbonyl (C=O) groups excluding carboxylic acids is 1. The smallest absolute Gasteiger partial charge is 0.267 e. The molecular weight excluding hydrogens is 420 g/mol. The monoisotopic (exact) mass is 444 g/mol. The zero-order valence-corrected chi connectivity index (χ0v) is 18.6. The predicted molar refractivity (Wildman–Crippen MR) is 124 cm³/mol. The van der Waals surface area contributed by atoms with E-state index in [1.54, 1.807) is 29.3 Å². The Bertz CT molecular complexity index is 1080. The van der Waals surface area contributed by atoms with Gasteiger partial charge in [-0.25, -0.2) is 4.98 Å². The lowest BCUT2D eigenvalue weighted by molar-refractivity contribution is -0.123. The maximum Gasteiger partial charge on any atom is 0.267 e. The van der Waals surface area contributed by atoms with Gasteiger partial charge in [0.2, 0.25) is 0 Å². The summed E-state index contributed by atoms with van der Waals surface area (Å²) in [5.41, 5.74) is 0.659. The molecule has 4 rings (SSSR count). The quantitative estimate of drug-likeness (QED) is 0.541. The van der Waals surface area contributed by atoms with Crippen LogP contribution in [0.15, 0.2) is 34.1 Å². The van der Waals surface area contributed by atoms with E-state index in [9.17, 15) is 9.59 Å². The number of nitrogens with one attached hydrogen (secondary N) is 1. The molecule has 30 heavy (non-hydrogen) atoms. The number of thiocarbonyl (C=S) groups is 1. The average Bonchev–Trinajstić information content (AvgIpc) is 3.36. The highest BCUT2D eigenvalue weighted by Crippen LogP contribution is 2.34. The van der Waals surface area contributed by atoms with Gasteiger partial charge in [-0.3, -0.25) is 18.9 Å². The zero-order valence-electron chi connectivity index (χ0n) is 17.0. The van der Waals surface area contributed by atoms with Crippen LogP contribution in [0.3, 0.4) is 0 Å².